The lowest BCUT2D eigenvalue weighted by molar-refractivity contribution is -0.666. The van der Waals surface area contributed by atoms with Crippen LogP contribution < -0.4 is 11.1 Å². The Kier molecular flexibility index (Phi) is 2.30. The molecule has 1 aliphatic rings. The van der Waals surface area contributed by atoms with Crippen LogP contribution in [0.3, 0.4) is 0 Å². The molecule has 1 aliphatic heterocycles. The van der Waals surface area contributed by atoms with Gasteiger partial charge >= 0.3 is 0 Å². The highest BCUT2D eigenvalue weighted by Gasteiger charge is 2.14. The largest absolute Gasteiger partial charge is 0.357 e. The van der Waals surface area contributed by atoms with Crippen LogP contribution in [-0.2, 0) is 0 Å². The van der Waals surface area contributed by atoms with E-state index >= 15 is 0 Å². The predicted octanol–water partition coefficient (Wildman–Crippen LogP) is -1.80. The highest BCUT2D eigenvalue weighted by Crippen LogP contribution is 2.03. The first-order chi connectivity index (χ1) is 3.93. The molecule has 0 aromatic heterocycles. The molecule has 48 valence electrons. The van der Waals surface area contributed by atoms with Gasteiger partial charge in [-0.2, -0.15) is 0 Å². The average Bonchev–Trinajstić information content (AvgIpc) is 1.90. The number of nitrogens with two attached hydrogens (primary N) is 1. The zero-order valence-electron chi connectivity index (χ0n) is 5.40. The molecule has 0 bridgehead atoms. The van der Waals surface area contributed by atoms with Crippen LogP contribution in [0.15, 0.2) is 0 Å². The molecule has 0 atom stereocenters. The number of hydrogen-bond acceptors (Lipinski definition) is 0. The van der Waals surface area contributed by atoms with Crippen molar-refractivity contribution >= 4 is 0 Å². The molecule has 8 heavy (non-hydrogen) atoms. The first-order valence-corrected chi connectivity index (χ1v) is 3.54. The first-order valence-electron chi connectivity index (χ1n) is 3.54. The molecule has 0 aromatic carbocycles. The van der Waals surface area contributed by atoms with Gasteiger partial charge in [-0.25, -0.2) is 0 Å². The molecule has 0 aliphatic carbocycles. The van der Waals surface area contributed by atoms with Crippen molar-refractivity contribution in [3.05, 3.63) is 0 Å². The lowest BCUT2D eigenvalue weighted by atomic mass is 9.99. The minimum absolute atomic E-state index is 0.944. The topological polar surface area (TPSA) is 44.2 Å². The fourth-order valence-electron chi connectivity index (χ4n) is 1.28. The summed E-state index contributed by atoms with van der Waals surface area (Å²) in [5, 5.41) is 2.40. The van der Waals surface area contributed by atoms with Crippen LogP contribution in [0.5, 0.6) is 0 Å². The SMILES string of the molecule is [NH3+]CC1CC[NH2+]CC1. The van der Waals surface area contributed by atoms with Crippen LogP contribution >= 0.6 is 0 Å². The molecular weight excluding hydrogens is 100 g/mol. The van der Waals surface area contributed by atoms with Gasteiger partial charge in [-0.15, -0.1) is 0 Å². The molecule has 0 spiro atoms. The van der Waals surface area contributed by atoms with Gasteiger partial charge < -0.3 is 11.1 Å². The molecule has 0 saturated carbocycles. The summed E-state index contributed by atoms with van der Waals surface area (Å²) >= 11 is 0. The van der Waals surface area contributed by atoms with Crippen molar-refractivity contribution in [1.82, 2.24) is 0 Å². The second kappa shape index (κ2) is 3.05. The maximum atomic E-state index is 3.90. The van der Waals surface area contributed by atoms with Gasteiger partial charge in [0.2, 0.25) is 0 Å². The molecule has 1 rings (SSSR count). The van der Waals surface area contributed by atoms with Crippen LogP contribution in [0.25, 0.3) is 0 Å². The van der Waals surface area contributed by atoms with Crippen LogP contribution in [0.1, 0.15) is 12.8 Å². The lowest BCUT2D eigenvalue weighted by Gasteiger charge is -2.15. The number of piperidine rings is 1. The van der Waals surface area contributed by atoms with Gasteiger partial charge in [0.05, 0.1) is 19.6 Å². The van der Waals surface area contributed by atoms with Crippen molar-refractivity contribution in [2.45, 2.75) is 12.8 Å². The van der Waals surface area contributed by atoms with Crippen molar-refractivity contribution in [1.29, 1.82) is 0 Å². The Morgan fingerprint density at radius 2 is 2.00 bits per heavy atom. The van der Waals surface area contributed by atoms with E-state index in [1.165, 1.54) is 25.9 Å². The Hall–Kier alpha value is -0.0800. The summed E-state index contributed by atoms with van der Waals surface area (Å²) in [6, 6.07) is 0. The van der Waals surface area contributed by atoms with Gasteiger partial charge in [0.1, 0.15) is 0 Å². The maximum Gasteiger partial charge on any atom is 0.0772 e. The van der Waals surface area contributed by atoms with E-state index in [1.807, 2.05) is 0 Å². The van der Waals surface area contributed by atoms with E-state index in [1.54, 1.807) is 0 Å². The monoisotopic (exact) mass is 116 g/mol. The zero-order chi connectivity index (χ0) is 5.82. The van der Waals surface area contributed by atoms with Crippen LogP contribution in [-0.4, -0.2) is 19.6 Å². The second-order valence-electron chi connectivity index (χ2n) is 2.60. The number of rotatable bonds is 1. The van der Waals surface area contributed by atoms with Crippen LogP contribution in [0, 0.1) is 5.92 Å². The molecule has 0 unspecified atom stereocenters. The summed E-state index contributed by atoms with van der Waals surface area (Å²) in [5.41, 5.74) is 3.90. The Balaban J connectivity index is 2.13. The summed E-state index contributed by atoms with van der Waals surface area (Å²) in [6.45, 7) is 3.81. The van der Waals surface area contributed by atoms with E-state index in [9.17, 15) is 0 Å². The van der Waals surface area contributed by atoms with Crippen LogP contribution in [0.2, 0.25) is 0 Å². The minimum Gasteiger partial charge on any atom is -0.357 e. The van der Waals surface area contributed by atoms with Crippen molar-refractivity contribution in [3.8, 4) is 0 Å². The van der Waals surface area contributed by atoms with E-state index in [2.05, 4.69) is 11.1 Å². The number of quaternary nitrogens is 2. The Morgan fingerprint density at radius 1 is 1.38 bits per heavy atom. The molecule has 0 aromatic rings. The predicted molar refractivity (Wildman–Crippen MR) is 32.1 cm³/mol. The quantitative estimate of drug-likeness (QED) is 0.406. The van der Waals surface area contributed by atoms with Crippen molar-refractivity contribution in [3.63, 3.8) is 0 Å². The highest BCUT2D eigenvalue weighted by atomic mass is 14.9. The Morgan fingerprint density at radius 3 is 2.38 bits per heavy atom. The maximum absolute atomic E-state index is 3.90. The van der Waals surface area contributed by atoms with Gasteiger partial charge in [0.25, 0.3) is 0 Å². The molecule has 1 fully saturated rings. The minimum atomic E-state index is 0.944. The van der Waals surface area contributed by atoms with Crippen LogP contribution in [0.4, 0.5) is 0 Å². The third-order valence-corrected chi connectivity index (χ3v) is 1.97. The smallest absolute Gasteiger partial charge is 0.0772 e. The fourth-order valence-corrected chi connectivity index (χ4v) is 1.28. The normalized spacial score (nSPS) is 23.6. The molecule has 2 heteroatoms. The summed E-state index contributed by atoms with van der Waals surface area (Å²) in [7, 11) is 0. The average molecular weight is 116 g/mol. The molecule has 1 saturated heterocycles. The standard InChI is InChI=1S/C6H14N2/c7-5-6-1-3-8-4-2-6/h6,8H,1-5,7H2/p+2. The van der Waals surface area contributed by atoms with Gasteiger partial charge in [0.15, 0.2) is 0 Å². The summed E-state index contributed by atoms with van der Waals surface area (Å²) in [4.78, 5) is 0. The van der Waals surface area contributed by atoms with Crippen molar-refractivity contribution in [2.75, 3.05) is 19.6 Å². The fraction of sp³-hybridized carbons (Fsp3) is 1.00. The lowest BCUT2D eigenvalue weighted by Crippen LogP contribution is -2.86. The molecule has 1 heterocycles. The summed E-state index contributed by atoms with van der Waals surface area (Å²) in [6.07, 6.45) is 2.78. The molecular formula is C6H16N2+2. The van der Waals surface area contributed by atoms with Gasteiger partial charge in [-0.05, 0) is 0 Å². The van der Waals surface area contributed by atoms with Gasteiger partial charge in [0, 0.05) is 18.8 Å². The van der Waals surface area contributed by atoms with Gasteiger partial charge in [-0.3, -0.25) is 0 Å². The van der Waals surface area contributed by atoms with Crippen molar-refractivity contribution in [2.24, 2.45) is 5.92 Å². The van der Waals surface area contributed by atoms with Crippen molar-refractivity contribution < 1.29 is 11.1 Å². The van der Waals surface area contributed by atoms with E-state index in [4.69, 9.17) is 0 Å². The first kappa shape index (κ1) is 6.05. The zero-order valence-corrected chi connectivity index (χ0v) is 5.40. The molecule has 2 nitrogen and oxygen atoms in total. The second-order valence-corrected chi connectivity index (χ2v) is 2.60. The highest BCUT2D eigenvalue weighted by molar-refractivity contribution is 4.57. The summed E-state index contributed by atoms with van der Waals surface area (Å²) in [5.74, 6) is 0.944. The molecule has 0 radical (unpaired) electrons. The Labute approximate surface area is 50.4 Å². The van der Waals surface area contributed by atoms with Gasteiger partial charge in [-0.1, -0.05) is 0 Å². The molecule has 5 N–H and O–H groups in total. The third-order valence-electron chi connectivity index (χ3n) is 1.97. The van der Waals surface area contributed by atoms with E-state index in [-0.39, 0.29) is 0 Å². The van der Waals surface area contributed by atoms with E-state index in [0.29, 0.717) is 0 Å². The third kappa shape index (κ3) is 1.46. The van der Waals surface area contributed by atoms with E-state index in [0.717, 1.165) is 12.5 Å². The molecule has 0 amide bonds. The number of hydrogen-bond donors (Lipinski definition) is 2. The Bertz CT molecular complexity index is 57.5. The summed E-state index contributed by atoms with van der Waals surface area (Å²) < 4.78 is 0. The van der Waals surface area contributed by atoms with E-state index < -0.39 is 0 Å².